The van der Waals surface area contributed by atoms with Gasteiger partial charge in [-0.2, -0.15) is 0 Å². The molecular formula is C16H17ClFNO2. The smallest absolute Gasteiger partial charge is 0.148 e. The Labute approximate surface area is 128 Å². The molecule has 0 spiro atoms. The lowest BCUT2D eigenvalue weighted by atomic mass is 10.1. The number of benzene rings is 2. The van der Waals surface area contributed by atoms with E-state index in [4.69, 9.17) is 26.8 Å². The number of hydrogen-bond acceptors (Lipinski definition) is 3. The van der Waals surface area contributed by atoms with E-state index >= 15 is 0 Å². The highest BCUT2D eigenvalue weighted by Gasteiger charge is 2.09. The third-order valence-corrected chi connectivity index (χ3v) is 3.39. The molecule has 0 fully saturated rings. The van der Waals surface area contributed by atoms with Gasteiger partial charge in [-0.15, -0.1) is 0 Å². The van der Waals surface area contributed by atoms with Crippen LogP contribution in [0.25, 0.3) is 0 Å². The van der Waals surface area contributed by atoms with Gasteiger partial charge < -0.3 is 15.2 Å². The van der Waals surface area contributed by atoms with Crippen LogP contribution < -0.4 is 15.2 Å². The summed E-state index contributed by atoms with van der Waals surface area (Å²) in [5, 5.41) is 0.0908. The van der Waals surface area contributed by atoms with Crippen molar-refractivity contribution in [2.24, 2.45) is 5.73 Å². The standard InChI is InChI=1S/C16H17ClFNO2/c1-20-13-5-6-15(11(9-13)7-8-19)21-10-12-3-2-4-14(17)16(12)18/h2-6,9H,7-8,10,19H2,1H3. The Balaban J connectivity index is 2.17. The first-order valence-electron chi connectivity index (χ1n) is 6.58. The van der Waals surface area contributed by atoms with Crippen LogP contribution in [0.1, 0.15) is 11.1 Å². The largest absolute Gasteiger partial charge is 0.497 e. The average molecular weight is 310 g/mol. The molecular weight excluding hydrogens is 293 g/mol. The fourth-order valence-corrected chi connectivity index (χ4v) is 2.18. The van der Waals surface area contributed by atoms with E-state index in [0.29, 0.717) is 24.3 Å². The minimum atomic E-state index is -0.451. The summed E-state index contributed by atoms with van der Waals surface area (Å²) in [5.41, 5.74) is 6.94. The highest BCUT2D eigenvalue weighted by atomic mass is 35.5. The van der Waals surface area contributed by atoms with E-state index in [1.807, 2.05) is 6.07 Å². The Morgan fingerprint density at radius 1 is 1.19 bits per heavy atom. The Hall–Kier alpha value is -1.78. The molecule has 0 aliphatic heterocycles. The molecule has 0 radical (unpaired) electrons. The number of ether oxygens (including phenoxy) is 2. The van der Waals surface area contributed by atoms with Crippen molar-refractivity contribution in [1.82, 2.24) is 0 Å². The van der Waals surface area contributed by atoms with Crippen molar-refractivity contribution in [3.05, 3.63) is 58.4 Å². The summed E-state index contributed by atoms with van der Waals surface area (Å²) >= 11 is 5.75. The maximum atomic E-state index is 13.8. The van der Waals surface area contributed by atoms with Gasteiger partial charge in [0.25, 0.3) is 0 Å². The lowest BCUT2D eigenvalue weighted by Crippen LogP contribution is -2.06. The molecule has 0 amide bonds. The number of rotatable bonds is 6. The number of hydrogen-bond donors (Lipinski definition) is 1. The monoisotopic (exact) mass is 309 g/mol. The van der Waals surface area contributed by atoms with Crippen molar-refractivity contribution in [1.29, 1.82) is 0 Å². The van der Waals surface area contributed by atoms with Crippen molar-refractivity contribution in [3.63, 3.8) is 0 Å². The molecule has 0 atom stereocenters. The number of nitrogens with two attached hydrogens (primary N) is 1. The van der Waals surface area contributed by atoms with E-state index in [0.717, 1.165) is 11.3 Å². The van der Waals surface area contributed by atoms with Crippen LogP contribution in [0.15, 0.2) is 36.4 Å². The molecule has 0 aliphatic rings. The molecule has 0 saturated heterocycles. The predicted octanol–water partition coefficient (Wildman–Crippen LogP) is 3.57. The number of halogens is 2. The summed E-state index contributed by atoms with van der Waals surface area (Å²) in [6, 6.07) is 10.3. The quantitative estimate of drug-likeness (QED) is 0.887. The van der Waals surface area contributed by atoms with Crippen molar-refractivity contribution < 1.29 is 13.9 Å². The fraction of sp³-hybridized carbons (Fsp3) is 0.250. The van der Waals surface area contributed by atoms with E-state index in [1.54, 1.807) is 31.4 Å². The maximum absolute atomic E-state index is 13.8. The number of methoxy groups -OCH3 is 1. The first kappa shape index (κ1) is 15.6. The summed E-state index contributed by atoms with van der Waals surface area (Å²) in [7, 11) is 1.60. The molecule has 112 valence electrons. The Morgan fingerprint density at radius 3 is 2.71 bits per heavy atom. The van der Waals surface area contributed by atoms with Gasteiger partial charge in [0.1, 0.15) is 23.9 Å². The molecule has 0 aromatic heterocycles. The summed E-state index contributed by atoms with van der Waals surface area (Å²) in [6.07, 6.45) is 0.657. The van der Waals surface area contributed by atoms with Crippen LogP contribution in [0, 0.1) is 5.82 Å². The summed E-state index contributed by atoms with van der Waals surface area (Å²) in [4.78, 5) is 0. The van der Waals surface area contributed by atoms with Gasteiger partial charge in [-0.1, -0.05) is 23.7 Å². The molecule has 21 heavy (non-hydrogen) atoms. The SMILES string of the molecule is COc1ccc(OCc2cccc(Cl)c2F)c(CCN)c1. The van der Waals surface area contributed by atoms with Gasteiger partial charge in [-0.25, -0.2) is 4.39 Å². The first-order valence-corrected chi connectivity index (χ1v) is 6.96. The molecule has 0 bridgehead atoms. The molecule has 3 nitrogen and oxygen atoms in total. The maximum Gasteiger partial charge on any atom is 0.148 e. The van der Waals surface area contributed by atoms with Crippen LogP contribution in [0.2, 0.25) is 5.02 Å². The highest BCUT2D eigenvalue weighted by molar-refractivity contribution is 6.30. The zero-order valence-corrected chi connectivity index (χ0v) is 12.5. The Kier molecular flexibility index (Phi) is 5.42. The summed E-state index contributed by atoms with van der Waals surface area (Å²) in [5.74, 6) is 0.952. The van der Waals surface area contributed by atoms with Gasteiger partial charge in [0.2, 0.25) is 0 Å². The highest BCUT2D eigenvalue weighted by Crippen LogP contribution is 2.26. The minimum absolute atomic E-state index is 0.0908. The normalized spacial score (nSPS) is 10.5. The minimum Gasteiger partial charge on any atom is -0.497 e. The first-order chi connectivity index (χ1) is 10.2. The van der Waals surface area contributed by atoms with Gasteiger partial charge >= 0.3 is 0 Å². The second kappa shape index (κ2) is 7.29. The lowest BCUT2D eigenvalue weighted by molar-refractivity contribution is 0.296. The van der Waals surface area contributed by atoms with Crippen LogP contribution in [0.4, 0.5) is 4.39 Å². The van der Waals surface area contributed by atoms with Gasteiger partial charge in [0.05, 0.1) is 12.1 Å². The Bertz CT molecular complexity index is 619. The van der Waals surface area contributed by atoms with Gasteiger partial charge in [0.15, 0.2) is 0 Å². The molecule has 0 saturated carbocycles. The molecule has 2 N–H and O–H groups in total. The average Bonchev–Trinajstić information content (AvgIpc) is 2.50. The zero-order chi connectivity index (χ0) is 15.2. The molecule has 0 aliphatic carbocycles. The van der Waals surface area contributed by atoms with Crippen molar-refractivity contribution in [2.45, 2.75) is 13.0 Å². The molecule has 2 rings (SSSR count). The molecule has 0 heterocycles. The van der Waals surface area contributed by atoms with Gasteiger partial charge in [-0.05, 0) is 42.8 Å². The van der Waals surface area contributed by atoms with Crippen LogP contribution in [0.5, 0.6) is 11.5 Å². The van der Waals surface area contributed by atoms with Crippen LogP contribution in [-0.4, -0.2) is 13.7 Å². The topological polar surface area (TPSA) is 44.5 Å². The summed E-state index contributed by atoms with van der Waals surface area (Å²) < 4.78 is 24.7. The van der Waals surface area contributed by atoms with Crippen molar-refractivity contribution in [2.75, 3.05) is 13.7 Å². The fourth-order valence-electron chi connectivity index (χ4n) is 1.99. The molecule has 2 aromatic rings. The molecule has 5 heteroatoms. The van der Waals surface area contributed by atoms with E-state index < -0.39 is 5.82 Å². The molecule has 0 unspecified atom stereocenters. The second-order valence-corrected chi connectivity index (χ2v) is 4.92. The predicted molar refractivity (Wildman–Crippen MR) is 81.5 cm³/mol. The zero-order valence-electron chi connectivity index (χ0n) is 11.7. The molecule has 2 aromatic carbocycles. The van der Waals surface area contributed by atoms with E-state index in [-0.39, 0.29) is 11.6 Å². The summed E-state index contributed by atoms with van der Waals surface area (Å²) in [6.45, 7) is 0.603. The van der Waals surface area contributed by atoms with Crippen LogP contribution in [-0.2, 0) is 13.0 Å². The van der Waals surface area contributed by atoms with E-state index in [1.165, 1.54) is 6.07 Å². The lowest BCUT2D eigenvalue weighted by Gasteiger charge is -2.13. The second-order valence-electron chi connectivity index (χ2n) is 4.51. The van der Waals surface area contributed by atoms with Gasteiger partial charge in [0, 0.05) is 5.56 Å². The van der Waals surface area contributed by atoms with Crippen molar-refractivity contribution >= 4 is 11.6 Å². The van der Waals surface area contributed by atoms with E-state index in [9.17, 15) is 4.39 Å². The van der Waals surface area contributed by atoms with E-state index in [2.05, 4.69) is 0 Å². The Morgan fingerprint density at radius 2 is 2.00 bits per heavy atom. The van der Waals surface area contributed by atoms with Gasteiger partial charge in [-0.3, -0.25) is 0 Å². The van der Waals surface area contributed by atoms with Crippen molar-refractivity contribution in [3.8, 4) is 11.5 Å². The third kappa shape index (κ3) is 3.86. The third-order valence-electron chi connectivity index (χ3n) is 3.10. The van der Waals surface area contributed by atoms with Crippen LogP contribution in [0.3, 0.4) is 0 Å². The van der Waals surface area contributed by atoms with Crippen LogP contribution >= 0.6 is 11.6 Å².